The zero-order valence-electron chi connectivity index (χ0n) is 7.53. The second-order valence-corrected chi connectivity index (χ2v) is 3.74. The van der Waals surface area contributed by atoms with Crippen LogP contribution < -0.4 is 0 Å². The number of halogens is 2. The van der Waals surface area contributed by atoms with Crippen molar-refractivity contribution in [3.8, 4) is 0 Å². The van der Waals surface area contributed by atoms with Crippen LogP contribution >= 0.6 is 15.9 Å². The van der Waals surface area contributed by atoms with Crippen molar-refractivity contribution in [3.05, 3.63) is 33.5 Å². The van der Waals surface area contributed by atoms with Gasteiger partial charge in [-0.2, -0.15) is 0 Å². The number of carbonyl (C=O) groups excluding carboxylic acids is 1. The van der Waals surface area contributed by atoms with Crippen LogP contribution in [0.1, 0.15) is 29.8 Å². The first-order valence-electron chi connectivity index (χ1n) is 4.05. The van der Waals surface area contributed by atoms with Crippen LogP contribution in [0, 0.1) is 5.82 Å². The Kier molecular flexibility index (Phi) is 3.20. The van der Waals surface area contributed by atoms with Gasteiger partial charge >= 0.3 is 0 Å². The average molecular weight is 245 g/mol. The minimum atomic E-state index is -0.318. The summed E-state index contributed by atoms with van der Waals surface area (Å²) in [6.45, 7) is 3.28. The molecule has 0 aliphatic carbocycles. The molecule has 1 rings (SSSR count). The van der Waals surface area contributed by atoms with E-state index in [1.54, 1.807) is 6.07 Å². The van der Waals surface area contributed by atoms with Crippen LogP contribution in [-0.4, -0.2) is 5.78 Å². The Morgan fingerprint density at radius 3 is 2.62 bits per heavy atom. The van der Waals surface area contributed by atoms with Crippen LogP contribution in [-0.2, 0) is 6.42 Å². The van der Waals surface area contributed by atoms with Crippen LogP contribution in [0.2, 0.25) is 0 Å². The lowest BCUT2D eigenvalue weighted by molar-refractivity contribution is 0.101. The van der Waals surface area contributed by atoms with Crippen molar-refractivity contribution in [2.75, 3.05) is 0 Å². The summed E-state index contributed by atoms with van der Waals surface area (Å²) in [6, 6.07) is 3.04. The van der Waals surface area contributed by atoms with Crippen molar-refractivity contribution in [3.63, 3.8) is 0 Å². The topological polar surface area (TPSA) is 17.1 Å². The largest absolute Gasteiger partial charge is 0.294 e. The smallest absolute Gasteiger partial charge is 0.160 e. The molecule has 0 aliphatic rings. The number of hydrogen-bond donors (Lipinski definition) is 0. The Morgan fingerprint density at radius 2 is 2.15 bits per heavy atom. The van der Waals surface area contributed by atoms with Crippen LogP contribution in [0.25, 0.3) is 0 Å². The molecular weight excluding hydrogens is 235 g/mol. The van der Waals surface area contributed by atoms with Gasteiger partial charge in [0, 0.05) is 10.0 Å². The highest BCUT2D eigenvalue weighted by molar-refractivity contribution is 9.10. The fourth-order valence-corrected chi connectivity index (χ4v) is 1.71. The Labute approximate surface area is 85.1 Å². The molecule has 13 heavy (non-hydrogen) atoms. The second kappa shape index (κ2) is 4.01. The number of benzene rings is 1. The van der Waals surface area contributed by atoms with Gasteiger partial charge in [-0.3, -0.25) is 4.79 Å². The standard InChI is InChI=1S/C10H10BrFO/c1-3-8-9(6(2)13)4-7(11)5-10(8)12/h4-5H,3H2,1-2H3. The molecule has 0 heterocycles. The molecule has 0 aromatic heterocycles. The number of carbonyl (C=O) groups is 1. The predicted octanol–water partition coefficient (Wildman–Crippen LogP) is 3.35. The minimum absolute atomic E-state index is 0.1000. The lowest BCUT2D eigenvalue weighted by Crippen LogP contribution is -2.01. The molecule has 0 aliphatic heterocycles. The first kappa shape index (κ1) is 10.4. The Hall–Kier alpha value is -0.700. The van der Waals surface area contributed by atoms with Gasteiger partial charge in [-0.25, -0.2) is 4.39 Å². The summed E-state index contributed by atoms with van der Waals surface area (Å²) in [4.78, 5) is 11.1. The molecule has 0 saturated heterocycles. The second-order valence-electron chi connectivity index (χ2n) is 2.82. The molecule has 0 N–H and O–H groups in total. The molecule has 3 heteroatoms. The Morgan fingerprint density at radius 1 is 1.54 bits per heavy atom. The summed E-state index contributed by atoms with van der Waals surface area (Å²) in [5, 5.41) is 0. The molecule has 1 aromatic carbocycles. The fraction of sp³-hybridized carbons (Fsp3) is 0.300. The van der Waals surface area contributed by atoms with Gasteiger partial charge in [0.25, 0.3) is 0 Å². The number of rotatable bonds is 2. The average Bonchev–Trinajstić information content (AvgIpc) is 2.02. The van der Waals surface area contributed by atoms with Gasteiger partial charge in [0.15, 0.2) is 5.78 Å². The van der Waals surface area contributed by atoms with E-state index in [0.717, 1.165) is 0 Å². The summed E-state index contributed by atoms with van der Waals surface area (Å²) in [6.07, 6.45) is 0.536. The van der Waals surface area contributed by atoms with E-state index in [9.17, 15) is 9.18 Å². The van der Waals surface area contributed by atoms with Crippen molar-refractivity contribution in [1.82, 2.24) is 0 Å². The Bertz CT molecular complexity index is 347. The van der Waals surface area contributed by atoms with E-state index >= 15 is 0 Å². The first-order valence-corrected chi connectivity index (χ1v) is 4.84. The van der Waals surface area contributed by atoms with E-state index in [1.807, 2.05) is 6.92 Å². The van der Waals surface area contributed by atoms with E-state index in [4.69, 9.17) is 0 Å². The first-order chi connectivity index (χ1) is 6.06. The third kappa shape index (κ3) is 2.15. The van der Waals surface area contributed by atoms with Crippen molar-refractivity contribution < 1.29 is 9.18 Å². The maximum atomic E-state index is 13.3. The highest BCUT2D eigenvalue weighted by atomic mass is 79.9. The minimum Gasteiger partial charge on any atom is -0.294 e. The summed E-state index contributed by atoms with van der Waals surface area (Å²) >= 11 is 3.15. The van der Waals surface area contributed by atoms with E-state index in [0.29, 0.717) is 22.0 Å². The molecule has 0 radical (unpaired) electrons. The van der Waals surface area contributed by atoms with Gasteiger partial charge in [0.05, 0.1) is 0 Å². The van der Waals surface area contributed by atoms with Crippen LogP contribution in [0.15, 0.2) is 16.6 Å². The number of ketones is 1. The van der Waals surface area contributed by atoms with Crippen LogP contribution in [0.4, 0.5) is 4.39 Å². The highest BCUT2D eigenvalue weighted by Crippen LogP contribution is 2.21. The maximum Gasteiger partial charge on any atom is 0.160 e. The van der Waals surface area contributed by atoms with Gasteiger partial charge in [-0.15, -0.1) is 0 Å². The quantitative estimate of drug-likeness (QED) is 0.730. The van der Waals surface area contributed by atoms with Gasteiger partial charge in [-0.1, -0.05) is 22.9 Å². The molecular formula is C10H10BrFO. The van der Waals surface area contributed by atoms with Gasteiger partial charge in [-0.05, 0) is 31.0 Å². The third-order valence-electron chi connectivity index (χ3n) is 1.89. The van der Waals surface area contributed by atoms with Crippen molar-refractivity contribution in [2.24, 2.45) is 0 Å². The number of Topliss-reactive ketones (excluding diaryl/α,β-unsaturated/α-hetero) is 1. The maximum absolute atomic E-state index is 13.3. The fourth-order valence-electron chi connectivity index (χ4n) is 1.28. The summed E-state index contributed by atoms with van der Waals surface area (Å²) in [7, 11) is 0. The number of hydrogen-bond acceptors (Lipinski definition) is 1. The normalized spacial score (nSPS) is 10.2. The van der Waals surface area contributed by atoms with Crippen LogP contribution in [0.5, 0.6) is 0 Å². The highest BCUT2D eigenvalue weighted by Gasteiger charge is 2.11. The van der Waals surface area contributed by atoms with Crippen molar-refractivity contribution in [2.45, 2.75) is 20.3 Å². The molecule has 0 saturated carbocycles. The molecule has 0 fully saturated rings. The monoisotopic (exact) mass is 244 g/mol. The Balaban J connectivity index is 3.38. The summed E-state index contributed by atoms with van der Waals surface area (Å²) in [5.41, 5.74) is 0.963. The SMILES string of the molecule is CCc1c(F)cc(Br)cc1C(C)=O. The molecule has 0 unspecified atom stereocenters. The van der Waals surface area contributed by atoms with Crippen molar-refractivity contribution in [1.29, 1.82) is 0 Å². The van der Waals surface area contributed by atoms with E-state index in [2.05, 4.69) is 15.9 Å². The molecule has 70 valence electrons. The summed E-state index contributed by atoms with van der Waals surface area (Å²) < 4.78 is 13.9. The van der Waals surface area contributed by atoms with E-state index in [-0.39, 0.29) is 11.6 Å². The molecule has 0 spiro atoms. The van der Waals surface area contributed by atoms with Gasteiger partial charge < -0.3 is 0 Å². The van der Waals surface area contributed by atoms with E-state index < -0.39 is 0 Å². The molecule has 1 aromatic rings. The third-order valence-corrected chi connectivity index (χ3v) is 2.35. The zero-order valence-corrected chi connectivity index (χ0v) is 9.11. The summed E-state index contributed by atoms with van der Waals surface area (Å²) in [5.74, 6) is -0.417. The lowest BCUT2D eigenvalue weighted by atomic mass is 10.0. The van der Waals surface area contributed by atoms with Crippen LogP contribution in [0.3, 0.4) is 0 Å². The molecule has 0 bridgehead atoms. The molecule has 0 atom stereocenters. The lowest BCUT2D eigenvalue weighted by Gasteiger charge is -2.06. The van der Waals surface area contributed by atoms with E-state index in [1.165, 1.54) is 13.0 Å². The molecule has 1 nitrogen and oxygen atoms in total. The predicted molar refractivity (Wildman–Crippen MR) is 53.5 cm³/mol. The van der Waals surface area contributed by atoms with Gasteiger partial charge in [0.1, 0.15) is 5.82 Å². The van der Waals surface area contributed by atoms with Gasteiger partial charge in [0.2, 0.25) is 0 Å². The zero-order chi connectivity index (χ0) is 10.0. The molecule has 0 amide bonds. The van der Waals surface area contributed by atoms with Crippen molar-refractivity contribution >= 4 is 21.7 Å².